The molecule has 17 heavy (non-hydrogen) atoms. The first-order valence-electron chi connectivity index (χ1n) is 5.83. The van der Waals surface area contributed by atoms with Crippen LogP contribution in [0.4, 0.5) is 0 Å². The van der Waals surface area contributed by atoms with E-state index in [4.69, 9.17) is 5.73 Å². The molecule has 1 aromatic carbocycles. The first-order chi connectivity index (χ1) is 8.25. The molecule has 94 valence electrons. The fraction of sp³-hybridized carbons (Fsp3) is 0.462. The number of carbonyl (C=O) groups excluding carboxylic acids is 1. The van der Waals surface area contributed by atoms with Crippen molar-refractivity contribution in [3.8, 4) is 0 Å². The normalized spacial score (nSPS) is 12.1. The first kappa shape index (κ1) is 14.1. The molecular weight excluding hydrogens is 232 g/mol. The molecule has 0 unspecified atom stereocenters. The van der Waals surface area contributed by atoms with Gasteiger partial charge in [-0.15, -0.1) is 0 Å². The van der Waals surface area contributed by atoms with E-state index in [2.05, 4.69) is 11.6 Å². The van der Waals surface area contributed by atoms with Crippen molar-refractivity contribution in [2.24, 2.45) is 5.73 Å². The molecule has 0 bridgehead atoms. The second kappa shape index (κ2) is 8.14. The van der Waals surface area contributed by atoms with Gasteiger partial charge in [-0.05, 0) is 30.4 Å². The summed E-state index contributed by atoms with van der Waals surface area (Å²) in [6.07, 6.45) is 4.22. The van der Waals surface area contributed by atoms with E-state index in [-0.39, 0.29) is 5.91 Å². The highest BCUT2D eigenvalue weighted by Crippen LogP contribution is 2.09. The fourth-order valence-corrected chi connectivity index (χ4v) is 2.00. The van der Waals surface area contributed by atoms with Gasteiger partial charge in [0, 0.05) is 6.54 Å². The average molecular weight is 252 g/mol. The molecule has 0 fully saturated rings. The van der Waals surface area contributed by atoms with Crippen LogP contribution in [0.5, 0.6) is 0 Å². The molecule has 0 saturated carbocycles. The van der Waals surface area contributed by atoms with Crippen LogP contribution in [-0.4, -0.2) is 24.5 Å². The van der Waals surface area contributed by atoms with E-state index < -0.39 is 6.04 Å². The van der Waals surface area contributed by atoms with Gasteiger partial charge in [-0.1, -0.05) is 30.3 Å². The molecule has 0 aromatic heterocycles. The predicted octanol–water partition coefficient (Wildman–Crippen LogP) is 1.95. The lowest BCUT2D eigenvalue weighted by Gasteiger charge is -2.12. The Morgan fingerprint density at radius 1 is 1.35 bits per heavy atom. The average Bonchev–Trinajstić information content (AvgIpc) is 2.38. The van der Waals surface area contributed by atoms with Crippen molar-refractivity contribution in [3.05, 3.63) is 35.9 Å². The number of amides is 1. The lowest BCUT2D eigenvalue weighted by atomic mass is 10.1. The Kier molecular flexibility index (Phi) is 6.74. The summed E-state index contributed by atoms with van der Waals surface area (Å²) >= 11 is 1.83. The number of rotatable bonds is 7. The quantitative estimate of drug-likeness (QED) is 0.729. The Morgan fingerprint density at radius 2 is 2.06 bits per heavy atom. The van der Waals surface area contributed by atoms with Crippen LogP contribution in [0.2, 0.25) is 0 Å². The van der Waals surface area contributed by atoms with Crippen LogP contribution >= 0.6 is 11.8 Å². The third-order valence-electron chi connectivity index (χ3n) is 2.52. The summed E-state index contributed by atoms with van der Waals surface area (Å²) in [7, 11) is 0. The highest BCUT2D eigenvalue weighted by Gasteiger charge is 2.14. The molecule has 4 heteroatoms. The van der Waals surface area contributed by atoms with Crippen LogP contribution in [0.15, 0.2) is 30.3 Å². The zero-order valence-corrected chi connectivity index (χ0v) is 11.0. The predicted molar refractivity (Wildman–Crippen MR) is 74.0 cm³/mol. The number of nitrogens with one attached hydrogen (secondary N) is 1. The largest absolute Gasteiger partial charge is 0.354 e. The molecule has 1 amide bonds. The highest BCUT2D eigenvalue weighted by molar-refractivity contribution is 7.98. The van der Waals surface area contributed by atoms with Crippen molar-refractivity contribution in [3.63, 3.8) is 0 Å². The smallest absolute Gasteiger partial charge is 0.241 e. The van der Waals surface area contributed by atoms with Crippen molar-refractivity contribution < 1.29 is 4.79 Å². The van der Waals surface area contributed by atoms with E-state index in [1.165, 1.54) is 0 Å². The maximum atomic E-state index is 11.7. The second-order valence-electron chi connectivity index (χ2n) is 3.88. The van der Waals surface area contributed by atoms with Gasteiger partial charge in [0.2, 0.25) is 5.91 Å². The summed E-state index contributed by atoms with van der Waals surface area (Å²) in [4.78, 5) is 11.7. The fourth-order valence-electron chi connectivity index (χ4n) is 1.50. The van der Waals surface area contributed by atoms with E-state index in [1.54, 1.807) is 0 Å². The standard InChI is InChI=1S/C13H20N2OS/c1-17-10-6-5-9-15-13(16)12(14)11-7-3-2-4-8-11/h2-4,7-8,12H,5-6,9-10,14H2,1H3,(H,15,16)/t12-/m0/s1. The van der Waals surface area contributed by atoms with Crippen LogP contribution in [0.3, 0.4) is 0 Å². The zero-order chi connectivity index (χ0) is 12.5. The van der Waals surface area contributed by atoms with Crippen LogP contribution in [0, 0.1) is 0 Å². The number of carbonyl (C=O) groups is 1. The zero-order valence-electron chi connectivity index (χ0n) is 10.2. The monoisotopic (exact) mass is 252 g/mol. The third kappa shape index (κ3) is 5.24. The number of nitrogens with two attached hydrogens (primary N) is 1. The minimum atomic E-state index is -0.559. The van der Waals surface area contributed by atoms with Gasteiger partial charge in [0.15, 0.2) is 0 Å². The van der Waals surface area contributed by atoms with Crippen molar-refractivity contribution in [2.45, 2.75) is 18.9 Å². The molecule has 0 heterocycles. The second-order valence-corrected chi connectivity index (χ2v) is 4.86. The Bertz CT molecular complexity index is 329. The van der Waals surface area contributed by atoms with Crippen LogP contribution in [0.25, 0.3) is 0 Å². The number of hydrogen-bond acceptors (Lipinski definition) is 3. The summed E-state index contributed by atoms with van der Waals surface area (Å²) in [5.74, 6) is 1.04. The van der Waals surface area contributed by atoms with Gasteiger partial charge in [0.1, 0.15) is 6.04 Å². The molecule has 3 nitrogen and oxygen atoms in total. The van der Waals surface area contributed by atoms with E-state index in [9.17, 15) is 4.79 Å². The molecule has 0 aliphatic heterocycles. The molecule has 0 spiro atoms. The van der Waals surface area contributed by atoms with Gasteiger partial charge in [-0.3, -0.25) is 4.79 Å². The Hall–Kier alpha value is -1.00. The van der Waals surface area contributed by atoms with Gasteiger partial charge < -0.3 is 11.1 Å². The number of thioether (sulfide) groups is 1. The molecule has 1 rings (SSSR count). The molecule has 0 aliphatic rings. The molecule has 1 atom stereocenters. The third-order valence-corrected chi connectivity index (χ3v) is 3.21. The molecule has 3 N–H and O–H groups in total. The summed E-state index contributed by atoms with van der Waals surface area (Å²) < 4.78 is 0. The maximum absolute atomic E-state index is 11.7. The molecule has 0 saturated heterocycles. The molecule has 0 aliphatic carbocycles. The van der Waals surface area contributed by atoms with Crippen LogP contribution in [-0.2, 0) is 4.79 Å². The topological polar surface area (TPSA) is 55.1 Å². The number of unbranched alkanes of at least 4 members (excludes halogenated alkanes) is 1. The molecular formula is C13H20N2OS. The van der Waals surface area contributed by atoms with Crippen molar-refractivity contribution in [2.75, 3.05) is 18.6 Å². The van der Waals surface area contributed by atoms with E-state index >= 15 is 0 Å². The minimum absolute atomic E-state index is 0.0969. The maximum Gasteiger partial charge on any atom is 0.241 e. The first-order valence-corrected chi connectivity index (χ1v) is 7.22. The van der Waals surface area contributed by atoms with Crippen molar-refractivity contribution >= 4 is 17.7 Å². The summed E-state index contributed by atoms with van der Waals surface area (Å²) in [5, 5.41) is 2.87. The Labute approximate surface area is 107 Å². The Morgan fingerprint density at radius 3 is 2.71 bits per heavy atom. The summed E-state index contributed by atoms with van der Waals surface area (Å²) in [5.41, 5.74) is 6.72. The van der Waals surface area contributed by atoms with Crippen LogP contribution < -0.4 is 11.1 Å². The molecule has 1 aromatic rings. The number of benzene rings is 1. The molecule has 0 radical (unpaired) electrons. The van der Waals surface area contributed by atoms with E-state index in [0.717, 1.165) is 24.2 Å². The number of hydrogen-bond donors (Lipinski definition) is 2. The van der Waals surface area contributed by atoms with Crippen molar-refractivity contribution in [1.29, 1.82) is 0 Å². The van der Waals surface area contributed by atoms with Gasteiger partial charge in [-0.2, -0.15) is 11.8 Å². The van der Waals surface area contributed by atoms with E-state index in [0.29, 0.717) is 6.54 Å². The van der Waals surface area contributed by atoms with E-state index in [1.807, 2.05) is 42.1 Å². The summed E-state index contributed by atoms with van der Waals surface area (Å²) in [6.45, 7) is 0.708. The van der Waals surface area contributed by atoms with Gasteiger partial charge in [-0.25, -0.2) is 0 Å². The highest BCUT2D eigenvalue weighted by atomic mass is 32.2. The lowest BCUT2D eigenvalue weighted by Crippen LogP contribution is -2.34. The lowest BCUT2D eigenvalue weighted by molar-refractivity contribution is -0.122. The summed E-state index contributed by atoms with van der Waals surface area (Å²) in [6, 6.07) is 8.88. The van der Waals surface area contributed by atoms with Gasteiger partial charge in [0.25, 0.3) is 0 Å². The minimum Gasteiger partial charge on any atom is -0.354 e. The SMILES string of the molecule is CSCCCCNC(=O)[C@@H](N)c1ccccc1. The van der Waals surface area contributed by atoms with Gasteiger partial charge >= 0.3 is 0 Å². The Balaban J connectivity index is 2.28. The van der Waals surface area contributed by atoms with Crippen LogP contribution in [0.1, 0.15) is 24.4 Å². The van der Waals surface area contributed by atoms with Gasteiger partial charge in [0.05, 0.1) is 0 Å². The van der Waals surface area contributed by atoms with Crippen molar-refractivity contribution in [1.82, 2.24) is 5.32 Å².